The van der Waals surface area contributed by atoms with Crippen LogP contribution in [0.1, 0.15) is 30.4 Å². The number of benzene rings is 1. The molecule has 3 aliphatic heterocycles. The number of ether oxygens (including phenoxy) is 1. The van der Waals surface area contributed by atoms with Crippen LogP contribution in [-0.4, -0.2) is 71.8 Å². The number of nitrogens with one attached hydrogen (secondary N) is 1. The van der Waals surface area contributed by atoms with Crippen LogP contribution in [0, 0.1) is 11.8 Å². The molecule has 4 atom stereocenters. The molecule has 5 rings (SSSR count). The van der Waals surface area contributed by atoms with E-state index in [2.05, 4.69) is 40.6 Å². The first-order valence-electron chi connectivity index (χ1n) is 11.5. The first kappa shape index (κ1) is 20.2. The van der Waals surface area contributed by atoms with E-state index in [9.17, 15) is 9.90 Å². The number of hydrogen-bond acceptors (Lipinski definition) is 5. The van der Waals surface area contributed by atoms with Crippen molar-refractivity contribution in [1.82, 2.24) is 15.1 Å². The maximum absolute atomic E-state index is 13.2. The Hall–Kier alpha value is -1.73. The lowest BCUT2D eigenvalue weighted by Crippen LogP contribution is -2.54. The highest BCUT2D eigenvalue weighted by Gasteiger charge is 2.39. The Morgan fingerprint density at radius 1 is 1.13 bits per heavy atom. The number of aliphatic hydroxyl groups is 1. The van der Waals surface area contributed by atoms with Gasteiger partial charge in [0, 0.05) is 37.8 Å². The Morgan fingerprint density at radius 2 is 1.97 bits per heavy atom. The molecule has 4 aliphatic rings. The third kappa shape index (κ3) is 4.33. The minimum absolute atomic E-state index is 0.0382. The molecule has 4 unspecified atom stereocenters. The zero-order chi connectivity index (χ0) is 20.5. The zero-order valence-corrected chi connectivity index (χ0v) is 17.6. The molecule has 1 aromatic carbocycles. The molecule has 2 N–H and O–H groups in total. The number of β-amino-alcohol motifs (C(OH)–C–C–N with tert-alkyl or cyclic N) is 1. The van der Waals surface area contributed by atoms with E-state index in [1.807, 2.05) is 6.20 Å². The molecule has 1 amide bonds. The monoisotopic (exact) mass is 411 g/mol. The minimum Gasteiger partial charge on any atom is -0.390 e. The molecule has 2 fully saturated rings. The van der Waals surface area contributed by atoms with Crippen LogP contribution in [0.15, 0.2) is 36.5 Å². The van der Waals surface area contributed by atoms with Gasteiger partial charge in [-0.2, -0.15) is 0 Å². The molecule has 0 radical (unpaired) electrons. The fourth-order valence-corrected chi connectivity index (χ4v) is 5.47. The smallest absolute Gasteiger partial charge is 0.230 e. The fourth-order valence-electron chi connectivity index (χ4n) is 5.47. The Labute approximate surface area is 178 Å². The van der Waals surface area contributed by atoms with Gasteiger partial charge in [-0.15, -0.1) is 0 Å². The van der Waals surface area contributed by atoms with E-state index in [-0.39, 0.29) is 11.8 Å². The quantitative estimate of drug-likeness (QED) is 0.743. The number of aliphatic hydroxyl groups excluding tert-OH is 1. The van der Waals surface area contributed by atoms with Gasteiger partial charge >= 0.3 is 0 Å². The number of allylic oxidation sites excluding steroid dienone is 1. The average Bonchev–Trinajstić information content (AvgIpc) is 2.73. The second kappa shape index (κ2) is 8.79. The van der Waals surface area contributed by atoms with Crippen molar-refractivity contribution < 1.29 is 14.6 Å². The summed E-state index contributed by atoms with van der Waals surface area (Å²) in [7, 11) is 0. The number of nitrogens with zero attached hydrogens (tertiary/aromatic N) is 2. The lowest BCUT2D eigenvalue weighted by atomic mass is 9.74. The van der Waals surface area contributed by atoms with Gasteiger partial charge in [0.1, 0.15) is 0 Å². The summed E-state index contributed by atoms with van der Waals surface area (Å²) in [5.74, 6) is 0.568. The van der Waals surface area contributed by atoms with Gasteiger partial charge in [-0.1, -0.05) is 30.3 Å². The maximum Gasteiger partial charge on any atom is 0.230 e. The van der Waals surface area contributed by atoms with Crippen LogP contribution in [-0.2, 0) is 22.5 Å². The van der Waals surface area contributed by atoms with Crippen LogP contribution in [0.2, 0.25) is 0 Å². The van der Waals surface area contributed by atoms with Crippen molar-refractivity contribution in [3.63, 3.8) is 0 Å². The molecule has 0 bridgehead atoms. The normalized spacial score (nSPS) is 30.5. The van der Waals surface area contributed by atoms with Crippen LogP contribution in [0.5, 0.6) is 0 Å². The maximum atomic E-state index is 13.2. The van der Waals surface area contributed by atoms with Crippen molar-refractivity contribution in [1.29, 1.82) is 0 Å². The Balaban J connectivity index is 1.15. The highest BCUT2D eigenvalue weighted by atomic mass is 16.5. The molecule has 162 valence electrons. The Bertz CT molecular complexity index is 794. The molecule has 6 nitrogen and oxygen atoms in total. The van der Waals surface area contributed by atoms with E-state index in [1.54, 1.807) is 4.90 Å². The van der Waals surface area contributed by atoms with Gasteiger partial charge in [-0.05, 0) is 42.7 Å². The predicted molar refractivity (Wildman–Crippen MR) is 115 cm³/mol. The number of carbonyl (C=O) groups is 1. The molecule has 0 spiro atoms. The van der Waals surface area contributed by atoms with Gasteiger partial charge in [0.05, 0.1) is 31.9 Å². The first-order valence-corrected chi connectivity index (χ1v) is 11.5. The third-order valence-electron chi connectivity index (χ3n) is 7.21. The molecule has 0 aromatic heterocycles. The molecule has 1 saturated heterocycles. The highest BCUT2D eigenvalue weighted by molar-refractivity contribution is 5.81. The van der Waals surface area contributed by atoms with Crippen LogP contribution >= 0.6 is 0 Å². The molecule has 1 saturated carbocycles. The van der Waals surface area contributed by atoms with E-state index in [0.717, 1.165) is 52.0 Å². The Morgan fingerprint density at radius 3 is 2.77 bits per heavy atom. The summed E-state index contributed by atoms with van der Waals surface area (Å²) >= 11 is 0. The number of fused-ring (bicyclic) bond motifs is 2. The van der Waals surface area contributed by atoms with E-state index in [0.29, 0.717) is 31.1 Å². The van der Waals surface area contributed by atoms with Crippen LogP contribution < -0.4 is 5.32 Å². The summed E-state index contributed by atoms with van der Waals surface area (Å²) < 4.78 is 5.27. The van der Waals surface area contributed by atoms with Crippen molar-refractivity contribution in [2.24, 2.45) is 11.8 Å². The van der Waals surface area contributed by atoms with E-state index < -0.39 is 6.10 Å². The number of rotatable bonds is 6. The molecule has 1 aromatic rings. The second-order valence-corrected chi connectivity index (χ2v) is 9.42. The van der Waals surface area contributed by atoms with Gasteiger partial charge in [0.15, 0.2) is 0 Å². The van der Waals surface area contributed by atoms with Crippen molar-refractivity contribution in [3.8, 4) is 0 Å². The van der Waals surface area contributed by atoms with Crippen molar-refractivity contribution in [2.45, 2.75) is 50.4 Å². The second-order valence-electron chi connectivity index (χ2n) is 9.42. The summed E-state index contributed by atoms with van der Waals surface area (Å²) in [4.78, 5) is 17.2. The van der Waals surface area contributed by atoms with Gasteiger partial charge in [0.25, 0.3) is 0 Å². The van der Waals surface area contributed by atoms with E-state index in [1.165, 1.54) is 11.1 Å². The average molecular weight is 412 g/mol. The van der Waals surface area contributed by atoms with Crippen molar-refractivity contribution >= 4 is 5.91 Å². The summed E-state index contributed by atoms with van der Waals surface area (Å²) in [5, 5.41) is 14.4. The van der Waals surface area contributed by atoms with Gasteiger partial charge in [-0.3, -0.25) is 9.69 Å². The molecule has 6 heteroatoms. The summed E-state index contributed by atoms with van der Waals surface area (Å²) in [6.45, 7) is 4.40. The van der Waals surface area contributed by atoms with E-state index in [4.69, 9.17) is 4.74 Å². The molecule has 1 aliphatic carbocycles. The molecular weight excluding hydrogens is 378 g/mol. The van der Waals surface area contributed by atoms with Crippen LogP contribution in [0.25, 0.3) is 0 Å². The SMILES string of the molecule is O=C1C2CC(NC3COC3)CCC2C=CN1CC(O)CN1CCc2ccccc2C1. The topological polar surface area (TPSA) is 65.0 Å². The number of hydrogen-bond donors (Lipinski definition) is 2. The Kier molecular flexibility index (Phi) is 5.92. The first-order chi connectivity index (χ1) is 14.7. The summed E-state index contributed by atoms with van der Waals surface area (Å²) in [6.07, 6.45) is 7.67. The number of amides is 1. The lowest BCUT2D eigenvalue weighted by molar-refractivity contribution is -0.138. The van der Waals surface area contributed by atoms with Crippen molar-refractivity contribution in [2.75, 3.05) is 32.8 Å². The fraction of sp³-hybridized carbons (Fsp3) is 0.625. The van der Waals surface area contributed by atoms with Gasteiger partial charge in [-0.25, -0.2) is 0 Å². The molecular formula is C24H33N3O3. The third-order valence-corrected chi connectivity index (χ3v) is 7.21. The summed E-state index contributed by atoms with van der Waals surface area (Å²) in [6, 6.07) is 9.39. The minimum atomic E-state index is -0.537. The predicted octanol–water partition coefficient (Wildman–Crippen LogP) is 1.53. The van der Waals surface area contributed by atoms with E-state index >= 15 is 0 Å². The standard InChI is InChI=1S/C24H33N3O3/c28-22(13-26-9-7-17-3-1-2-4-19(17)12-26)14-27-10-8-18-5-6-20(11-23(18)24(27)29)25-21-15-30-16-21/h1-4,8,10,18,20-23,25,28H,5-7,9,11-16H2. The largest absolute Gasteiger partial charge is 0.390 e. The highest BCUT2D eigenvalue weighted by Crippen LogP contribution is 2.36. The number of carbonyl (C=O) groups excluding carboxylic acids is 1. The summed E-state index contributed by atoms with van der Waals surface area (Å²) in [5.41, 5.74) is 2.77. The van der Waals surface area contributed by atoms with Crippen LogP contribution in [0.3, 0.4) is 0 Å². The van der Waals surface area contributed by atoms with Gasteiger partial charge in [0.2, 0.25) is 5.91 Å². The lowest BCUT2D eigenvalue weighted by Gasteiger charge is -2.42. The zero-order valence-electron chi connectivity index (χ0n) is 17.6. The molecule has 30 heavy (non-hydrogen) atoms. The molecule has 3 heterocycles. The van der Waals surface area contributed by atoms with Crippen LogP contribution in [0.4, 0.5) is 0 Å². The van der Waals surface area contributed by atoms with Crippen molar-refractivity contribution in [3.05, 3.63) is 47.7 Å². The van der Waals surface area contributed by atoms with Gasteiger partial charge < -0.3 is 20.1 Å².